The maximum Gasteiger partial charge on any atom is 0.138 e. The first-order valence-corrected chi connectivity index (χ1v) is 5.48. The van der Waals surface area contributed by atoms with Gasteiger partial charge in [0.05, 0.1) is 6.10 Å². The zero-order chi connectivity index (χ0) is 9.68. The highest BCUT2D eigenvalue weighted by atomic mass is 32.2. The van der Waals surface area contributed by atoms with Gasteiger partial charge in [-0.1, -0.05) is 6.92 Å². The summed E-state index contributed by atoms with van der Waals surface area (Å²) in [5, 5.41) is 13.5. The van der Waals surface area contributed by atoms with Crippen LogP contribution < -0.4 is 0 Å². The smallest absolute Gasteiger partial charge is 0.138 e. The number of hydrogen-bond acceptors (Lipinski definition) is 4. The predicted molar refractivity (Wildman–Crippen MR) is 53.7 cm³/mol. The largest absolute Gasteiger partial charge is 0.392 e. The van der Waals surface area contributed by atoms with Crippen molar-refractivity contribution in [3.63, 3.8) is 0 Å². The third-order valence-corrected chi connectivity index (χ3v) is 2.77. The van der Waals surface area contributed by atoms with Crippen molar-refractivity contribution < 1.29 is 5.11 Å². The molecule has 13 heavy (non-hydrogen) atoms. The van der Waals surface area contributed by atoms with E-state index in [0.29, 0.717) is 6.42 Å². The summed E-state index contributed by atoms with van der Waals surface area (Å²) in [6.07, 6.45) is 1.78. The first kappa shape index (κ1) is 10.5. The molecule has 1 unspecified atom stereocenters. The standard InChI is InChI=1S/C8H15N3OS/c1-3-13-5-7(12)4-8-9-6-10-11(8)2/h6-7,12H,3-5H2,1-2H3. The molecule has 0 radical (unpaired) electrons. The molecule has 0 bridgehead atoms. The molecule has 0 aliphatic rings. The average molecular weight is 201 g/mol. The van der Waals surface area contributed by atoms with E-state index >= 15 is 0 Å². The minimum atomic E-state index is -0.312. The van der Waals surface area contributed by atoms with E-state index in [4.69, 9.17) is 0 Å². The molecule has 5 heteroatoms. The van der Waals surface area contributed by atoms with E-state index in [1.165, 1.54) is 6.33 Å². The van der Waals surface area contributed by atoms with Gasteiger partial charge >= 0.3 is 0 Å². The van der Waals surface area contributed by atoms with Gasteiger partial charge in [-0.05, 0) is 5.75 Å². The Kier molecular flexibility index (Phi) is 4.24. The van der Waals surface area contributed by atoms with Gasteiger partial charge in [0, 0.05) is 19.2 Å². The number of thioether (sulfide) groups is 1. The van der Waals surface area contributed by atoms with Gasteiger partial charge in [0.1, 0.15) is 12.2 Å². The zero-order valence-electron chi connectivity index (χ0n) is 7.97. The van der Waals surface area contributed by atoms with Crippen LogP contribution in [0.1, 0.15) is 12.7 Å². The Hall–Kier alpha value is -0.550. The highest BCUT2D eigenvalue weighted by molar-refractivity contribution is 7.99. The van der Waals surface area contributed by atoms with Crippen LogP contribution in [0.5, 0.6) is 0 Å². The first-order valence-electron chi connectivity index (χ1n) is 4.32. The Morgan fingerprint density at radius 3 is 3.00 bits per heavy atom. The fourth-order valence-electron chi connectivity index (χ4n) is 1.03. The minimum absolute atomic E-state index is 0.312. The highest BCUT2D eigenvalue weighted by Crippen LogP contribution is 2.05. The van der Waals surface area contributed by atoms with Crippen molar-refractivity contribution in [2.45, 2.75) is 19.4 Å². The van der Waals surface area contributed by atoms with Crippen LogP contribution in [0.3, 0.4) is 0 Å². The summed E-state index contributed by atoms with van der Waals surface area (Å²) in [5.41, 5.74) is 0. The van der Waals surface area contributed by atoms with Gasteiger partial charge in [0.25, 0.3) is 0 Å². The normalized spacial score (nSPS) is 13.2. The lowest BCUT2D eigenvalue weighted by Gasteiger charge is -2.08. The van der Waals surface area contributed by atoms with Gasteiger partial charge in [-0.2, -0.15) is 16.9 Å². The molecule has 0 aliphatic carbocycles. The van der Waals surface area contributed by atoms with Crippen molar-refractivity contribution in [3.05, 3.63) is 12.2 Å². The molecule has 0 saturated heterocycles. The molecular formula is C8H15N3OS. The Morgan fingerprint density at radius 2 is 2.46 bits per heavy atom. The summed E-state index contributed by atoms with van der Waals surface area (Å²) in [6.45, 7) is 2.08. The second-order valence-electron chi connectivity index (χ2n) is 2.82. The monoisotopic (exact) mass is 201 g/mol. The van der Waals surface area contributed by atoms with Crippen LogP contribution in [0, 0.1) is 0 Å². The third-order valence-electron chi connectivity index (χ3n) is 1.74. The van der Waals surface area contributed by atoms with Crippen LogP contribution in [0.2, 0.25) is 0 Å². The van der Waals surface area contributed by atoms with E-state index in [0.717, 1.165) is 17.3 Å². The first-order chi connectivity index (χ1) is 6.24. The van der Waals surface area contributed by atoms with Crippen LogP contribution in [-0.4, -0.2) is 37.5 Å². The molecule has 4 nitrogen and oxygen atoms in total. The highest BCUT2D eigenvalue weighted by Gasteiger charge is 2.08. The molecule has 1 N–H and O–H groups in total. The Labute approximate surface area is 82.4 Å². The van der Waals surface area contributed by atoms with Crippen LogP contribution in [0.25, 0.3) is 0 Å². The molecule has 0 aliphatic heterocycles. The van der Waals surface area contributed by atoms with Gasteiger partial charge in [-0.25, -0.2) is 4.98 Å². The van der Waals surface area contributed by atoms with Gasteiger partial charge in [0.2, 0.25) is 0 Å². The molecular weight excluding hydrogens is 186 g/mol. The molecule has 1 aromatic heterocycles. The Morgan fingerprint density at radius 1 is 1.69 bits per heavy atom. The molecule has 1 aromatic rings. The van der Waals surface area contributed by atoms with Crippen molar-refractivity contribution in [2.75, 3.05) is 11.5 Å². The molecule has 0 amide bonds. The predicted octanol–water partition coefficient (Wildman–Crippen LogP) is 0.472. The second kappa shape index (κ2) is 5.24. The van der Waals surface area contributed by atoms with Crippen molar-refractivity contribution in [2.24, 2.45) is 7.05 Å². The number of nitrogens with zero attached hydrogens (tertiary/aromatic N) is 3. The van der Waals surface area contributed by atoms with Crippen molar-refractivity contribution in [1.82, 2.24) is 14.8 Å². The van der Waals surface area contributed by atoms with E-state index in [1.54, 1.807) is 16.4 Å². The van der Waals surface area contributed by atoms with Crippen LogP contribution in [0.4, 0.5) is 0 Å². The molecule has 0 aromatic carbocycles. The number of hydrogen-bond donors (Lipinski definition) is 1. The molecule has 74 valence electrons. The number of aliphatic hydroxyl groups excluding tert-OH is 1. The van der Waals surface area contributed by atoms with Crippen molar-refractivity contribution >= 4 is 11.8 Å². The maximum atomic E-state index is 9.57. The number of aliphatic hydroxyl groups is 1. The van der Waals surface area contributed by atoms with E-state index in [9.17, 15) is 5.11 Å². The lowest BCUT2D eigenvalue weighted by Crippen LogP contribution is -2.16. The molecule has 1 heterocycles. The van der Waals surface area contributed by atoms with Gasteiger partial charge in [-0.15, -0.1) is 0 Å². The number of rotatable bonds is 5. The fourth-order valence-corrected chi connectivity index (χ4v) is 1.65. The van der Waals surface area contributed by atoms with E-state index in [1.807, 2.05) is 7.05 Å². The maximum absolute atomic E-state index is 9.57. The summed E-state index contributed by atoms with van der Waals surface area (Å²) in [6, 6.07) is 0. The summed E-state index contributed by atoms with van der Waals surface area (Å²) >= 11 is 1.74. The Bertz CT molecular complexity index is 251. The van der Waals surface area contributed by atoms with E-state index in [2.05, 4.69) is 17.0 Å². The fraction of sp³-hybridized carbons (Fsp3) is 0.750. The van der Waals surface area contributed by atoms with E-state index < -0.39 is 0 Å². The molecule has 0 saturated carbocycles. The molecule has 1 rings (SSSR count). The summed E-state index contributed by atoms with van der Waals surface area (Å²) in [4.78, 5) is 4.05. The summed E-state index contributed by atoms with van der Waals surface area (Å²) < 4.78 is 1.69. The lowest BCUT2D eigenvalue weighted by atomic mass is 10.3. The molecule has 0 fully saturated rings. The SMILES string of the molecule is CCSCC(O)Cc1ncnn1C. The van der Waals surface area contributed by atoms with Crippen LogP contribution in [0.15, 0.2) is 6.33 Å². The second-order valence-corrected chi connectivity index (χ2v) is 4.14. The van der Waals surface area contributed by atoms with Gasteiger partial charge in [-0.3, -0.25) is 4.68 Å². The third kappa shape index (κ3) is 3.36. The Balaban J connectivity index is 2.36. The minimum Gasteiger partial charge on any atom is -0.392 e. The van der Waals surface area contributed by atoms with Crippen molar-refractivity contribution in [1.29, 1.82) is 0 Å². The van der Waals surface area contributed by atoms with Crippen LogP contribution in [-0.2, 0) is 13.5 Å². The zero-order valence-corrected chi connectivity index (χ0v) is 8.79. The average Bonchev–Trinajstić information content (AvgIpc) is 2.48. The van der Waals surface area contributed by atoms with Crippen molar-refractivity contribution in [3.8, 4) is 0 Å². The van der Waals surface area contributed by atoms with Crippen LogP contribution >= 0.6 is 11.8 Å². The van der Waals surface area contributed by atoms with Gasteiger partial charge < -0.3 is 5.11 Å². The lowest BCUT2D eigenvalue weighted by molar-refractivity contribution is 0.196. The molecule has 1 atom stereocenters. The number of aryl methyl sites for hydroxylation is 1. The molecule has 0 spiro atoms. The topological polar surface area (TPSA) is 50.9 Å². The quantitative estimate of drug-likeness (QED) is 0.752. The van der Waals surface area contributed by atoms with Gasteiger partial charge in [0.15, 0.2) is 0 Å². The summed E-state index contributed by atoms with van der Waals surface area (Å²) in [7, 11) is 1.84. The number of aromatic nitrogens is 3. The summed E-state index contributed by atoms with van der Waals surface area (Å²) in [5.74, 6) is 2.64. The van der Waals surface area contributed by atoms with E-state index in [-0.39, 0.29) is 6.10 Å².